The molecule has 1 amide bonds. The van der Waals surface area contributed by atoms with Gasteiger partial charge in [-0.15, -0.1) is 11.3 Å². The Morgan fingerprint density at radius 1 is 1.45 bits per heavy atom. The molecular weight excluding hydrogens is 274 g/mol. The summed E-state index contributed by atoms with van der Waals surface area (Å²) in [6, 6.07) is 0. The van der Waals surface area contributed by atoms with Crippen LogP contribution in [0.1, 0.15) is 5.56 Å². The van der Waals surface area contributed by atoms with Crippen LogP contribution in [0, 0.1) is 6.92 Å². The van der Waals surface area contributed by atoms with Crippen molar-refractivity contribution in [3.63, 3.8) is 0 Å². The number of thiophene rings is 1. The average molecular weight is 291 g/mol. The number of nitrogens with zero attached hydrogens (tertiary/aromatic N) is 3. The second-order valence-electron chi connectivity index (χ2n) is 4.80. The topological polar surface area (TPSA) is 70.2 Å². The predicted molar refractivity (Wildman–Crippen MR) is 80.1 cm³/mol. The van der Waals surface area contributed by atoms with Gasteiger partial charge in [-0.1, -0.05) is 0 Å². The van der Waals surface area contributed by atoms with Gasteiger partial charge in [0.15, 0.2) is 0 Å². The number of carbonyl (C=O) groups is 1. The normalized spacial score (nSPS) is 15.6. The third-order valence-corrected chi connectivity index (χ3v) is 4.50. The molecule has 3 rings (SSSR count). The van der Waals surface area contributed by atoms with E-state index in [-0.39, 0.29) is 12.5 Å². The minimum atomic E-state index is 0.117. The molecule has 0 aliphatic carbocycles. The molecule has 6 nitrogen and oxygen atoms in total. The lowest BCUT2D eigenvalue weighted by molar-refractivity contribution is -0.129. The minimum absolute atomic E-state index is 0.117. The number of anilines is 1. The first-order valence-corrected chi connectivity index (χ1v) is 7.55. The molecule has 2 N–H and O–H groups in total. The summed E-state index contributed by atoms with van der Waals surface area (Å²) in [4.78, 5) is 22.5. The van der Waals surface area contributed by atoms with Gasteiger partial charge in [0.25, 0.3) is 0 Å². The van der Waals surface area contributed by atoms with Crippen molar-refractivity contribution in [2.24, 2.45) is 0 Å². The van der Waals surface area contributed by atoms with Crippen LogP contribution >= 0.6 is 11.3 Å². The van der Waals surface area contributed by atoms with Crippen LogP contribution in [0.25, 0.3) is 10.2 Å². The van der Waals surface area contributed by atoms with Crippen molar-refractivity contribution >= 4 is 33.3 Å². The van der Waals surface area contributed by atoms with Gasteiger partial charge in [0.1, 0.15) is 12.1 Å². The summed E-state index contributed by atoms with van der Waals surface area (Å²) in [6.07, 6.45) is 1.54. The molecule has 0 aromatic carbocycles. The molecule has 2 aromatic rings. The van der Waals surface area contributed by atoms with Crippen LogP contribution in [0.4, 0.5) is 5.82 Å². The van der Waals surface area contributed by atoms with E-state index in [1.165, 1.54) is 0 Å². The summed E-state index contributed by atoms with van der Waals surface area (Å²) in [7, 11) is 0. The van der Waals surface area contributed by atoms with E-state index in [1.54, 1.807) is 17.7 Å². The summed E-state index contributed by atoms with van der Waals surface area (Å²) in [6.45, 7) is 5.60. The molecular formula is C13H17N5OS. The van der Waals surface area contributed by atoms with E-state index in [2.05, 4.69) is 26.0 Å². The van der Waals surface area contributed by atoms with Crippen LogP contribution in [0.15, 0.2) is 11.7 Å². The first kappa shape index (κ1) is 13.3. The van der Waals surface area contributed by atoms with Crippen LogP contribution in [-0.4, -0.2) is 53.5 Å². The highest BCUT2D eigenvalue weighted by Crippen LogP contribution is 2.28. The van der Waals surface area contributed by atoms with Crippen molar-refractivity contribution < 1.29 is 4.79 Å². The number of carbonyl (C=O) groups excluding carboxylic acids is 1. The van der Waals surface area contributed by atoms with Crippen molar-refractivity contribution in [1.82, 2.24) is 20.2 Å². The number of hydrogen-bond donors (Lipinski definition) is 2. The Balaban J connectivity index is 1.69. The highest BCUT2D eigenvalue weighted by molar-refractivity contribution is 7.18. The molecule has 1 saturated heterocycles. The van der Waals surface area contributed by atoms with Crippen LogP contribution < -0.4 is 10.6 Å². The third-order valence-electron chi connectivity index (χ3n) is 3.41. The van der Waals surface area contributed by atoms with E-state index >= 15 is 0 Å². The fourth-order valence-corrected chi connectivity index (χ4v) is 3.25. The van der Waals surface area contributed by atoms with Gasteiger partial charge in [-0.05, 0) is 17.9 Å². The third kappa shape index (κ3) is 2.59. The second-order valence-corrected chi connectivity index (χ2v) is 5.68. The number of aryl methyl sites for hydroxylation is 1. The Morgan fingerprint density at radius 3 is 3.05 bits per heavy atom. The fourth-order valence-electron chi connectivity index (χ4n) is 2.28. The number of nitrogens with one attached hydrogen (secondary N) is 2. The summed E-state index contributed by atoms with van der Waals surface area (Å²) < 4.78 is 1.01. The minimum Gasteiger partial charge on any atom is -0.360 e. The molecule has 1 fully saturated rings. The van der Waals surface area contributed by atoms with E-state index in [1.807, 2.05) is 11.8 Å². The highest BCUT2D eigenvalue weighted by atomic mass is 32.1. The lowest BCUT2D eigenvalue weighted by Gasteiger charge is -2.27. The summed E-state index contributed by atoms with van der Waals surface area (Å²) in [5.74, 6) is 0.864. The average Bonchev–Trinajstić information content (AvgIpc) is 2.88. The zero-order valence-corrected chi connectivity index (χ0v) is 12.2. The SMILES string of the molecule is Cc1csc2c(NCC(=O)N3CCNCC3)ncnc12. The number of rotatable bonds is 3. The number of fused-ring (bicyclic) bond motifs is 1. The zero-order valence-electron chi connectivity index (χ0n) is 11.3. The second kappa shape index (κ2) is 5.72. The molecule has 1 aliphatic rings. The molecule has 0 spiro atoms. The predicted octanol–water partition coefficient (Wildman–Crippen LogP) is 0.843. The Bertz CT molecular complexity index is 620. The standard InChI is InChI=1S/C13H17N5OS/c1-9-7-20-12-11(9)16-8-17-13(12)15-6-10(19)18-4-2-14-3-5-18/h7-8,14H,2-6H2,1H3,(H,15,16,17). The van der Waals surface area contributed by atoms with E-state index in [0.717, 1.165) is 47.8 Å². The highest BCUT2D eigenvalue weighted by Gasteiger charge is 2.16. The Morgan fingerprint density at radius 2 is 2.25 bits per heavy atom. The molecule has 106 valence electrons. The number of amides is 1. The fraction of sp³-hybridized carbons (Fsp3) is 0.462. The Labute approximate surface area is 121 Å². The largest absolute Gasteiger partial charge is 0.360 e. The molecule has 7 heteroatoms. The summed E-state index contributed by atoms with van der Waals surface area (Å²) in [5.41, 5.74) is 2.10. The van der Waals surface area contributed by atoms with Gasteiger partial charge in [-0.25, -0.2) is 9.97 Å². The maximum absolute atomic E-state index is 12.1. The van der Waals surface area contributed by atoms with Gasteiger partial charge >= 0.3 is 0 Å². The van der Waals surface area contributed by atoms with E-state index in [9.17, 15) is 4.79 Å². The van der Waals surface area contributed by atoms with Gasteiger partial charge in [0, 0.05) is 26.2 Å². The number of piperazine rings is 1. The molecule has 0 bridgehead atoms. The molecule has 0 atom stereocenters. The van der Waals surface area contributed by atoms with Gasteiger partial charge in [-0.3, -0.25) is 4.79 Å². The number of hydrogen-bond acceptors (Lipinski definition) is 6. The lowest BCUT2D eigenvalue weighted by atomic mass is 10.3. The first-order chi connectivity index (χ1) is 9.75. The maximum atomic E-state index is 12.1. The van der Waals surface area contributed by atoms with E-state index < -0.39 is 0 Å². The molecule has 2 aromatic heterocycles. The monoisotopic (exact) mass is 291 g/mol. The van der Waals surface area contributed by atoms with Crippen molar-refractivity contribution in [3.8, 4) is 0 Å². The molecule has 0 saturated carbocycles. The van der Waals surface area contributed by atoms with Crippen LogP contribution in [0.3, 0.4) is 0 Å². The quantitative estimate of drug-likeness (QED) is 0.877. The van der Waals surface area contributed by atoms with Gasteiger partial charge < -0.3 is 15.5 Å². The van der Waals surface area contributed by atoms with Crippen molar-refractivity contribution in [2.45, 2.75) is 6.92 Å². The molecule has 3 heterocycles. The van der Waals surface area contributed by atoms with Gasteiger partial charge in [-0.2, -0.15) is 0 Å². The van der Waals surface area contributed by atoms with Crippen LogP contribution in [-0.2, 0) is 4.79 Å². The Kier molecular flexibility index (Phi) is 3.79. The van der Waals surface area contributed by atoms with Gasteiger partial charge in [0.2, 0.25) is 5.91 Å². The Hall–Kier alpha value is -1.73. The van der Waals surface area contributed by atoms with Crippen molar-refractivity contribution in [3.05, 3.63) is 17.3 Å². The lowest BCUT2D eigenvalue weighted by Crippen LogP contribution is -2.48. The molecule has 0 radical (unpaired) electrons. The van der Waals surface area contributed by atoms with E-state index in [0.29, 0.717) is 0 Å². The van der Waals surface area contributed by atoms with Crippen molar-refractivity contribution in [2.75, 3.05) is 38.0 Å². The van der Waals surface area contributed by atoms with Crippen LogP contribution in [0.2, 0.25) is 0 Å². The molecule has 1 aliphatic heterocycles. The van der Waals surface area contributed by atoms with Crippen molar-refractivity contribution in [1.29, 1.82) is 0 Å². The first-order valence-electron chi connectivity index (χ1n) is 6.67. The smallest absolute Gasteiger partial charge is 0.242 e. The molecule has 0 unspecified atom stereocenters. The van der Waals surface area contributed by atoms with Gasteiger partial charge in [0.05, 0.1) is 16.8 Å². The summed E-state index contributed by atoms with van der Waals surface area (Å²) in [5, 5.41) is 8.44. The zero-order chi connectivity index (χ0) is 13.9. The number of aromatic nitrogens is 2. The summed E-state index contributed by atoms with van der Waals surface area (Å²) >= 11 is 1.61. The van der Waals surface area contributed by atoms with Crippen LogP contribution in [0.5, 0.6) is 0 Å². The molecule has 20 heavy (non-hydrogen) atoms. The van der Waals surface area contributed by atoms with E-state index in [4.69, 9.17) is 0 Å². The maximum Gasteiger partial charge on any atom is 0.242 e.